The molecule has 25 heavy (non-hydrogen) atoms. The van der Waals surface area contributed by atoms with Crippen LogP contribution < -0.4 is 10.1 Å². The van der Waals surface area contributed by atoms with Gasteiger partial charge in [0.25, 0.3) is 5.91 Å². The molecule has 1 aliphatic heterocycles. The molecule has 0 aromatic heterocycles. The topological polar surface area (TPSA) is 58.6 Å². The van der Waals surface area contributed by atoms with Gasteiger partial charge < -0.3 is 15.0 Å². The number of likely N-dealkylation sites (tertiary alicyclic amines) is 1. The number of benzene rings is 1. The van der Waals surface area contributed by atoms with Crippen molar-refractivity contribution in [3.8, 4) is 5.75 Å². The summed E-state index contributed by atoms with van der Waals surface area (Å²) in [5.74, 6) is -0.279. The summed E-state index contributed by atoms with van der Waals surface area (Å²) >= 11 is 0. The summed E-state index contributed by atoms with van der Waals surface area (Å²) in [5.41, 5.74) is -0.0224. The van der Waals surface area contributed by atoms with E-state index in [0.717, 1.165) is 32.1 Å². The molecular formula is C19H25FN2O3. The average molecular weight is 348 g/mol. The fourth-order valence-corrected chi connectivity index (χ4v) is 3.68. The smallest absolute Gasteiger partial charge is 0.258 e. The predicted octanol–water partition coefficient (Wildman–Crippen LogP) is 2.75. The molecule has 1 heterocycles. The second kappa shape index (κ2) is 7.02. The Morgan fingerprint density at radius 1 is 1.36 bits per heavy atom. The molecule has 1 atom stereocenters. The summed E-state index contributed by atoms with van der Waals surface area (Å²) in [4.78, 5) is 26.9. The van der Waals surface area contributed by atoms with E-state index in [0.29, 0.717) is 18.8 Å². The van der Waals surface area contributed by atoms with E-state index in [1.165, 1.54) is 25.3 Å². The molecule has 2 fully saturated rings. The monoisotopic (exact) mass is 348 g/mol. The third kappa shape index (κ3) is 3.48. The van der Waals surface area contributed by atoms with Crippen LogP contribution in [0.3, 0.4) is 0 Å². The lowest BCUT2D eigenvalue weighted by Gasteiger charge is -2.37. The minimum absolute atomic E-state index is 0.0619. The molecule has 2 aliphatic rings. The number of hydrogen-bond donors (Lipinski definition) is 1. The van der Waals surface area contributed by atoms with Crippen LogP contribution in [0.4, 0.5) is 4.39 Å². The fraction of sp³-hybridized carbons (Fsp3) is 0.579. The van der Waals surface area contributed by atoms with Crippen LogP contribution in [0, 0.1) is 11.2 Å². The summed E-state index contributed by atoms with van der Waals surface area (Å²) < 4.78 is 18.8. The highest BCUT2D eigenvalue weighted by molar-refractivity contribution is 5.97. The van der Waals surface area contributed by atoms with Crippen LogP contribution in [0.1, 0.15) is 49.4 Å². The molecule has 1 saturated carbocycles. The number of halogens is 1. The lowest BCUT2D eigenvalue weighted by molar-refractivity contribution is -0.134. The van der Waals surface area contributed by atoms with Gasteiger partial charge in [-0.3, -0.25) is 9.59 Å². The Kier molecular flexibility index (Phi) is 4.97. The Labute approximate surface area is 147 Å². The Morgan fingerprint density at radius 2 is 2.12 bits per heavy atom. The Hall–Kier alpha value is -2.11. The fourth-order valence-electron chi connectivity index (χ4n) is 3.68. The van der Waals surface area contributed by atoms with E-state index in [-0.39, 0.29) is 28.8 Å². The number of carbonyl (C=O) groups excluding carboxylic acids is 2. The highest BCUT2D eigenvalue weighted by atomic mass is 19.1. The van der Waals surface area contributed by atoms with E-state index in [1.54, 1.807) is 4.90 Å². The first-order chi connectivity index (χ1) is 11.9. The second-order valence-corrected chi connectivity index (χ2v) is 7.26. The molecule has 0 unspecified atom stereocenters. The molecule has 1 aliphatic carbocycles. The first-order valence-corrected chi connectivity index (χ1v) is 8.87. The Bertz CT molecular complexity index is 673. The van der Waals surface area contributed by atoms with Gasteiger partial charge in [-0.25, -0.2) is 4.39 Å². The first kappa shape index (κ1) is 17.7. The lowest BCUT2D eigenvalue weighted by atomic mass is 9.70. The molecule has 0 radical (unpaired) electrons. The van der Waals surface area contributed by atoms with E-state index >= 15 is 0 Å². The zero-order valence-electron chi connectivity index (χ0n) is 14.8. The van der Waals surface area contributed by atoms with Gasteiger partial charge >= 0.3 is 0 Å². The van der Waals surface area contributed by atoms with E-state index in [9.17, 15) is 14.0 Å². The van der Waals surface area contributed by atoms with Crippen molar-refractivity contribution in [1.29, 1.82) is 0 Å². The van der Waals surface area contributed by atoms with Crippen LogP contribution in [0.2, 0.25) is 0 Å². The molecule has 1 aromatic carbocycles. The van der Waals surface area contributed by atoms with Gasteiger partial charge in [-0.1, -0.05) is 13.3 Å². The summed E-state index contributed by atoms with van der Waals surface area (Å²) in [6, 6.07) is 3.89. The molecule has 5 nitrogen and oxygen atoms in total. The number of nitrogens with one attached hydrogen (secondary N) is 1. The van der Waals surface area contributed by atoms with Gasteiger partial charge in [0.05, 0.1) is 12.7 Å². The number of nitrogens with zero attached hydrogens (tertiary/aromatic N) is 1. The third-order valence-electron chi connectivity index (χ3n) is 5.53. The molecule has 0 spiro atoms. The number of ether oxygens (including phenoxy) is 1. The van der Waals surface area contributed by atoms with E-state index in [2.05, 4.69) is 5.32 Å². The van der Waals surface area contributed by atoms with E-state index in [1.807, 2.05) is 6.92 Å². The zero-order chi connectivity index (χ0) is 18.0. The third-order valence-corrected chi connectivity index (χ3v) is 5.53. The number of amides is 2. The summed E-state index contributed by atoms with van der Waals surface area (Å²) in [6.45, 7) is 3.04. The maximum atomic E-state index is 13.6. The van der Waals surface area contributed by atoms with Crippen molar-refractivity contribution in [3.63, 3.8) is 0 Å². The molecule has 1 aromatic rings. The SMILES string of the molecule is COc1ccc(F)cc1C(=O)N1CCC[C@@H]1CNC(=O)C1(C)CCC1. The van der Waals surface area contributed by atoms with Crippen LogP contribution in [0.5, 0.6) is 5.75 Å². The molecular weight excluding hydrogens is 323 g/mol. The first-order valence-electron chi connectivity index (χ1n) is 8.87. The van der Waals surface area contributed by atoms with Crippen LogP contribution in [0.15, 0.2) is 18.2 Å². The number of carbonyl (C=O) groups is 2. The van der Waals surface area contributed by atoms with Crippen LogP contribution in [0.25, 0.3) is 0 Å². The molecule has 136 valence electrons. The number of methoxy groups -OCH3 is 1. The lowest BCUT2D eigenvalue weighted by Crippen LogP contribution is -2.48. The van der Waals surface area contributed by atoms with E-state index < -0.39 is 5.82 Å². The molecule has 1 N–H and O–H groups in total. The maximum absolute atomic E-state index is 13.6. The zero-order valence-corrected chi connectivity index (χ0v) is 14.8. The maximum Gasteiger partial charge on any atom is 0.258 e. The highest BCUT2D eigenvalue weighted by Gasteiger charge is 2.40. The molecule has 1 saturated heterocycles. The molecule has 0 bridgehead atoms. The quantitative estimate of drug-likeness (QED) is 0.890. The Balaban J connectivity index is 1.68. The summed E-state index contributed by atoms with van der Waals surface area (Å²) in [6.07, 6.45) is 4.65. The minimum atomic E-state index is -0.467. The van der Waals surface area contributed by atoms with Crippen LogP contribution in [-0.4, -0.2) is 43.0 Å². The van der Waals surface area contributed by atoms with Gasteiger partial charge in [-0.05, 0) is 43.9 Å². The van der Waals surface area contributed by atoms with Gasteiger partial charge in [0.15, 0.2) is 0 Å². The van der Waals surface area contributed by atoms with Crippen molar-refractivity contribution in [2.75, 3.05) is 20.2 Å². The molecule has 6 heteroatoms. The van der Waals surface area contributed by atoms with Gasteiger partial charge in [-0.2, -0.15) is 0 Å². The number of hydrogen-bond acceptors (Lipinski definition) is 3. The second-order valence-electron chi connectivity index (χ2n) is 7.26. The normalized spacial score (nSPS) is 21.6. The van der Waals surface area contributed by atoms with E-state index in [4.69, 9.17) is 4.74 Å². The number of rotatable bonds is 5. The van der Waals surface area contributed by atoms with Crippen molar-refractivity contribution in [3.05, 3.63) is 29.6 Å². The summed E-state index contributed by atoms with van der Waals surface area (Å²) in [7, 11) is 1.46. The van der Waals surface area contributed by atoms with Crippen molar-refractivity contribution in [2.45, 2.75) is 45.1 Å². The standard InChI is InChI=1S/C19H25FN2O3/c1-19(8-4-9-19)18(24)21-12-14-5-3-10-22(14)17(23)15-11-13(20)6-7-16(15)25-2/h6-7,11,14H,3-5,8-10,12H2,1-2H3,(H,21,24)/t14-/m1/s1. The predicted molar refractivity (Wildman–Crippen MR) is 92.0 cm³/mol. The highest BCUT2D eigenvalue weighted by Crippen LogP contribution is 2.40. The Morgan fingerprint density at radius 3 is 2.76 bits per heavy atom. The van der Waals surface area contributed by atoms with Crippen molar-refractivity contribution >= 4 is 11.8 Å². The average Bonchev–Trinajstić information content (AvgIpc) is 3.05. The molecule has 3 rings (SSSR count). The molecule has 2 amide bonds. The van der Waals surface area contributed by atoms with Gasteiger partial charge in [0, 0.05) is 24.5 Å². The van der Waals surface area contributed by atoms with Gasteiger partial charge in [0.1, 0.15) is 11.6 Å². The van der Waals surface area contributed by atoms with Gasteiger partial charge in [-0.15, -0.1) is 0 Å². The van der Waals surface area contributed by atoms with Crippen molar-refractivity contribution < 1.29 is 18.7 Å². The van der Waals surface area contributed by atoms with Crippen molar-refractivity contribution in [2.24, 2.45) is 5.41 Å². The minimum Gasteiger partial charge on any atom is -0.496 e. The largest absolute Gasteiger partial charge is 0.496 e. The van der Waals surface area contributed by atoms with Crippen molar-refractivity contribution in [1.82, 2.24) is 10.2 Å². The van der Waals surface area contributed by atoms with Crippen LogP contribution >= 0.6 is 0 Å². The summed E-state index contributed by atoms with van der Waals surface area (Å²) in [5, 5.41) is 3.01. The van der Waals surface area contributed by atoms with Crippen LogP contribution in [-0.2, 0) is 4.79 Å². The van der Waals surface area contributed by atoms with Gasteiger partial charge in [0.2, 0.25) is 5.91 Å².